The van der Waals surface area contributed by atoms with Crippen molar-refractivity contribution >= 4 is 17.0 Å². The van der Waals surface area contributed by atoms with E-state index in [-0.39, 0.29) is 30.2 Å². The molecule has 186 valence electrons. The van der Waals surface area contributed by atoms with Crippen molar-refractivity contribution in [2.45, 2.75) is 31.5 Å². The molecule has 4 aromatic rings. The minimum absolute atomic E-state index is 0.0457. The first-order chi connectivity index (χ1) is 18.0. The molecule has 0 bridgehead atoms. The highest BCUT2D eigenvalue weighted by Gasteiger charge is 2.39. The highest BCUT2D eigenvalue weighted by atomic mass is 16.6. The second kappa shape index (κ2) is 8.98. The SMILES string of the molecule is N#Cc1ccc(Cn2c(=O)[nH]c3cc(-c4cnco4)c(O[C@H]4CCN5C(=O)OC[C@@H]5C4)cc3c2=O)cc1. The first-order valence-corrected chi connectivity index (χ1v) is 11.8. The summed E-state index contributed by atoms with van der Waals surface area (Å²) in [6.07, 6.45) is 3.51. The van der Waals surface area contributed by atoms with Crippen LogP contribution in [0.2, 0.25) is 0 Å². The number of ether oxygens (including phenoxy) is 2. The molecule has 4 heterocycles. The molecule has 11 heteroatoms. The maximum Gasteiger partial charge on any atom is 0.410 e. The summed E-state index contributed by atoms with van der Waals surface area (Å²) in [5.74, 6) is 0.846. The number of amides is 1. The van der Waals surface area contributed by atoms with Crippen LogP contribution < -0.4 is 16.0 Å². The Bertz CT molecular complexity index is 1650. The number of hydrogen-bond acceptors (Lipinski definition) is 8. The number of nitriles is 1. The van der Waals surface area contributed by atoms with Crippen molar-refractivity contribution in [3.63, 3.8) is 0 Å². The van der Waals surface area contributed by atoms with Crippen LogP contribution in [0.4, 0.5) is 4.79 Å². The van der Waals surface area contributed by atoms with Gasteiger partial charge in [0.2, 0.25) is 0 Å². The summed E-state index contributed by atoms with van der Waals surface area (Å²) in [6.45, 7) is 0.890. The van der Waals surface area contributed by atoms with Crippen LogP contribution >= 0.6 is 0 Å². The number of H-pyrrole nitrogens is 1. The highest BCUT2D eigenvalue weighted by molar-refractivity contribution is 5.86. The minimum atomic E-state index is -0.558. The number of carbonyl (C=O) groups excluding carboxylic acids is 1. The lowest BCUT2D eigenvalue weighted by molar-refractivity contribution is 0.0940. The average Bonchev–Trinajstić information content (AvgIpc) is 3.57. The van der Waals surface area contributed by atoms with Gasteiger partial charge in [0.05, 0.1) is 46.9 Å². The van der Waals surface area contributed by atoms with Crippen LogP contribution in [0.15, 0.2) is 63.0 Å². The largest absolute Gasteiger partial charge is 0.489 e. The van der Waals surface area contributed by atoms with Gasteiger partial charge in [-0.15, -0.1) is 0 Å². The van der Waals surface area contributed by atoms with Gasteiger partial charge in [-0.1, -0.05) is 12.1 Å². The number of rotatable bonds is 5. The van der Waals surface area contributed by atoms with E-state index in [1.54, 1.807) is 41.3 Å². The molecule has 37 heavy (non-hydrogen) atoms. The molecule has 2 aromatic heterocycles. The molecule has 0 aliphatic carbocycles. The standard InChI is InChI=1S/C26H21N5O6/c27-10-15-1-3-16(4-2-15)12-31-24(32)19-9-22(37-18-5-6-30-17(7-18)13-35-26(30)34)20(23-11-28-14-36-23)8-21(19)29-25(31)33/h1-4,8-9,11,14,17-18H,5-7,12-13H2,(H,29,33)/t17-,18-/m0/s1. The molecule has 6 rings (SSSR count). The molecular weight excluding hydrogens is 478 g/mol. The van der Waals surface area contributed by atoms with E-state index >= 15 is 0 Å². The fraction of sp³-hybridized carbons (Fsp3) is 0.269. The van der Waals surface area contributed by atoms with Crippen LogP contribution in [0.25, 0.3) is 22.2 Å². The summed E-state index contributed by atoms with van der Waals surface area (Å²) >= 11 is 0. The van der Waals surface area contributed by atoms with E-state index in [0.29, 0.717) is 59.7 Å². The molecule has 2 aromatic carbocycles. The van der Waals surface area contributed by atoms with Gasteiger partial charge in [0.1, 0.15) is 18.5 Å². The van der Waals surface area contributed by atoms with Crippen molar-refractivity contribution < 1.29 is 18.7 Å². The molecule has 2 fully saturated rings. The zero-order valence-corrected chi connectivity index (χ0v) is 19.5. The third-order valence-corrected chi connectivity index (χ3v) is 6.80. The van der Waals surface area contributed by atoms with Crippen LogP contribution in [-0.4, -0.2) is 50.8 Å². The van der Waals surface area contributed by atoms with Crippen LogP contribution in [0, 0.1) is 11.3 Å². The average molecular weight is 499 g/mol. The predicted octanol–water partition coefficient (Wildman–Crippen LogP) is 2.63. The first-order valence-electron chi connectivity index (χ1n) is 11.8. The highest BCUT2D eigenvalue weighted by Crippen LogP contribution is 2.35. The van der Waals surface area contributed by atoms with Gasteiger partial charge >= 0.3 is 11.8 Å². The summed E-state index contributed by atoms with van der Waals surface area (Å²) in [6, 6.07) is 12.0. The van der Waals surface area contributed by atoms with Crippen LogP contribution in [-0.2, 0) is 11.3 Å². The molecule has 1 amide bonds. The number of piperidine rings is 1. The van der Waals surface area contributed by atoms with Gasteiger partial charge in [-0.25, -0.2) is 14.6 Å². The van der Waals surface area contributed by atoms with Crippen LogP contribution in [0.5, 0.6) is 5.75 Å². The number of cyclic esters (lactones) is 1. The summed E-state index contributed by atoms with van der Waals surface area (Å²) < 4.78 is 18.1. The van der Waals surface area contributed by atoms with Crippen LogP contribution in [0.1, 0.15) is 24.0 Å². The molecular formula is C26H21N5O6. The smallest absolute Gasteiger partial charge is 0.410 e. The topological polar surface area (TPSA) is 143 Å². The monoisotopic (exact) mass is 499 g/mol. The van der Waals surface area contributed by atoms with E-state index < -0.39 is 11.2 Å². The number of nitrogens with one attached hydrogen (secondary N) is 1. The molecule has 0 unspecified atom stereocenters. The normalized spacial score (nSPS) is 18.9. The van der Waals surface area contributed by atoms with Gasteiger partial charge in [-0.3, -0.25) is 9.36 Å². The zero-order chi connectivity index (χ0) is 25.5. The van der Waals surface area contributed by atoms with E-state index in [0.717, 1.165) is 4.57 Å². The number of hydrogen-bond donors (Lipinski definition) is 1. The summed E-state index contributed by atoms with van der Waals surface area (Å²) in [5, 5.41) is 9.29. The second-order valence-corrected chi connectivity index (χ2v) is 9.08. The van der Waals surface area contributed by atoms with Crippen molar-refractivity contribution in [1.82, 2.24) is 19.4 Å². The maximum absolute atomic E-state index is 13.4. The van der Waals surface area contributed by atoms with E-state index in [1.807, 2.05) is 6.07 Å². The Morgan fingerprint density at radius 1 is 1.19 bits per heavy atom. The van der Waals surface area contributed by atoms with Gasteiger partial charge < -0.3 is 23.8 Å². The zero-order valence-electron chi connectivity index (χ0n) is 19.5. The van der Waals surface area contributed by atoms with Gasteiger partial charge in [0, 0.05) is 19.4 Å². The molecule has 11 nitrogen and oxygen atoms in total. The number of aromatic amines is 1. The van der Waals surface area contributed by atoms with Crippen molar-refractivity contribution in [3.05, 3.63) is 81.0 Å². The number of aromatic nitrogens is 3. The Balaban J connectivity index is 1.39. The Hall–Kier alpha value is -4.85. The number of carbonyl (C=O) groups is 1. The molecule has 2 aliphatic heterocycles. The van der Waals surface area contributed by atoms with E-state index in [9.17, 15) is 14.4 Å². The first kappa shape index (κ1) is 22.6. The quantitative estimate of drug-likeness (QED) is 0.441. The number of fused-ring (bicyclic) bond motifs is 2. The molecule has 0 spiro atoms. The Morgan fingerprint density at radius 2 is 2.03 bits per heavy atom. The lowest BCUT2D eigenvalue weighted by atomic mass is 10.0. The number of oxazole rings is 1. The van der Waals surface area contributed by atoms with Gasteiger partial charge in [-0.05, 0) is 29.8 Å². The Morgan fingerprint density at radius 3 is 2.78 bits per heavy atom. The molecule has 2 saturated heterocycles. The molecule has 2 atom stereocenters. The van der Waals surface area contributed by atoms with Gasteiger partial charge in [0.25, 0.3) is 5.56 Å². The van der Waals surface area contributed by atoms with Crippen molar-refractivity contribution in [1.29, 1.82) is 5.26 Å². The summed E-state index contributed by atoms with van der Waals surface area (Å²) in [4.78, 5) is 46.6. The Labute approximate surface area is 209 Å². The minimum Gasteiger partial charge on any atom is -0.489 e. The molecule has 0 saturated carbocycles. The van der Waals surface area contributed by atoms with Crippen molar-refractivity contribution in [2.24, 2.45) is 0 Å². The summed E-state index contributed by atoms with van der Waals surface area (Å²) in [7, 11) is 0. The fourth-order valence-corrected chi connectivity index (χ4v) is 4.88. The second-order valence-electron chi connectivity index (χ2n) is 9.08. The molecule has 0 radical (unpaired) electrons. The number of nitrogens with zero attached hydrogens (tertiary/aromatic N) is 4. The van der Waals surface area contributed by atoms with Gasteiger partial charge in [-0.2, -0.15) is 5.26 Å². The lowest BCUT2D eigenvalue weighted by Crippen LogP contribution is -2.44. The molecule has 2 aliphatic rings. The summed E-state index contributed by atoms with van der Waals surface area (Å²) in [5.41, 5.74) is 1.06. The Kier molecular flexibility index (Phi) is 5.49. The van der Waals surface area contributed by atoms with E-state index in [4.69, 9.17) is 19.2 Å². The van der Waals surface area contributed by atoms with Crippen molar-refractivity contribution in [2.75, 3.05) is 13.2 Å². The molecule has 1 N–H and O–H groups in total. The predicted molar refractivity (Wildman–Crippen MR) is 130 cm³/mol. The lowest BCUT2D eigenvalue weighted by Gasteiger charge is -2.32. The maximum atomic E-state index is 13.4. The third-order valence-electron chi connectivity index (χ3n) is 6.80. The van der Waals surface area contributed by atoms with Crippen molar-refractivity contribution in [3.8, 4) is 23.1 Å². The van der Waals surface area contributed by atoms with Gasteiger partial charge in [0.15, 0.2) is 12.2 Å². The van der Waals surface area contributed by atoms with Crippen LogP contribution in [0.3, 0.4) is 0 Å². The van der Waals surface area contributed by atoms with E-state index in [2.05, 4.69) is 9.97 Å². The van der Waals surface area contributed by atoms with E-state index in [1.165, 1.54) is 12.6 Å². The third kappa shape index (κ3) is 4.12. The fourth-order valence-electron chi connectivity index (χ4n) is 4.88. The number of benzene rings is 2.